The molecule has 200 valence electrons. The van der Waals surface area contributed by atoms with Crippen LogP contribution in [0.5, 0.6) is 0 Å². The minimum Gasteiger partial charge on any atom is -0.477 e. The molecule has 1 saturated heterocycles. The lowest BCUT2D eigenvalue weighted by Crippen LogP contribution is -2.47. The van der Waals surface area contributed by atoms with Gasteiger partial charge in [0.25, 0.3) is 0 Å². The van der Waals surface area contributed by atoms with Gasteiger partial charge in [0.1, 0.15) is 11.5 Å². The average molecular weight is 556 g/mol. The molecule has 2 heterocycles. The van der Waals surface area contributed by atoms with Gasteiger partial charge in [-0.1, -0.05) is 34.4 Å². The average Bonchev–Trinajstić information content (AvgIpc) is 3.68. The van der Waals surface area contributed by atoms with Crippen LogP contribution in [-0.4, -0.2) is 73.7 Å². The second kappa shape index (κ2) is 11.4. The summed E-state index contributed by atoms with van der Waals surface area (Å²) < 4.78 is 5.82. The molecule has 0 bridgehead atoms. The van der Waals surface area contributed by atoms with Crippen LogP contribution in [0.25, 0.3) is 11.3 Å². The van der Waals surface area contributed by atoms with Crippen LogP contribution in [0.4, 0.5) is 11.4 Å². The van der Waals surface area contributed by atoms with Crippen LogP contribution in [-0.2, 0) is 11.2 Å². The van der Waals surface area contributed by atoms with E-state index in [1.54, 1.807) is 7.05 Å². The Hall–Kier alpha value is -3.07. The van der Waals surface area contributed by atoms with Crippen molar-refractivity contribution in [3.63, 3.8) is 0 Å². The van der Waals surface area contributed by atoms with Gasteiger partial charge in [-0.2, -0.15) is 0 Å². The Morgan fingerprint density at radius 1 is 1.16 bits per heavy atom. The molecule has 8 nitrogen and oxygen atoms in total. The zero-order chi connectivity index (χ0) is 26.8. The summed E-state index contributed by atoms with van der Waals surface area (Å²) in [4.78, 5) is 20.3. The highest BCUT2D eigenvalue weighted by molar-refractivity contribution is 6.43. The first-order valence-electron chi connectivity index (χ1n) is 12.8. The predicted molar refractivity (Wildman–Crippen MR) is 152 cm³/mol. The first-order chi connectivity index (χ1) is 18.4. The van der Waals surface area contributed by atoms with Crippen molar-refractivity contribution >= 4 is 46.3 Å². The lowest BCUT2D eigenvalue weighted by atomic mass is 10.0. The summed E-state index contributed by atoms with van der Waals surface area (Å²) >= 11 is 13.0. The SMILES string of the molecule is CN=C(C(=O)O)c1ccc(N2CCN(CCc3c(-c4c(Cl)cccc4Cl)noc3C3CC3)CC2)cc1NC. The molecule has 2 aliphatic rings. The first kappa shape index (κ1) is 26.5. The van der Waals surface area contributed by atoms with Crippen molar-refractivity contribution in [1.82, 2.24) is 10.1 Å². The van der Waals surface area contributed by atoms with E-state index in [1.165, 1.54) is 7.05 Å². The van der Waals surface area contributed by atoms with Gasteiger partial charge in [-0.25, -0.2) is 4.79 Å². The topological polar surface area (TPSA) is 94.2 Å². The minimum absolute atomic E-state index is 0.0440. The van der Waals surface area contributed by atoms with Gasteiger partial charge in [-0.05, 0) is 49.6 Å². The molecule has 2 N–H and O–H groups in total. The van der Waals surface area contributed by atoms with Crippen molar-refractivity contribution < 1.29 is 14.4 Å². The van der Waals surface area contributed by atoms with Gasteiger partial charge in [-0.3, -0.25) is 9.89 Å². The minimum atomic E-state index is -1.04. The molecule has 38 heavy (non-hydrogen) atoms. The van der Waals surface area contributed by atoms with Crippen LogP contribution in [0, 0.1) is 0 Å². The summed E-state index contributed by atoms with van der Waals surface area (Å²) in [5, 5.41) is 18.2. The molecule has 1 aliphatic carbocycles. The van der Waals surface area contributed by atoms with Crippen molar-refractivity contribution in [2.45, 2.75) is 25.2 Å². The Kier molecular flexibility index (Phi) is 7.93. The molecule has 2 aromatic carbocycles. The molecule has 0 unspecified atom stereocenters. The molecule has 0 atom stereocenters. The van der Waals surface area contributed by atoms with Crippen molar-refractivity contribution in [2.75, 3.05) is 57.0 Å². The fourth-order valence-electron chi connectivity index (χ4n) is 5.12. The summed E-state index contributed by atoms with van der Waals surface area (Å²) in [6, 6.07) is 11.3. The van der Waals surface area contributed by atoms with Gasteiger partial charge >= 0.3 is 5.97 Å². The Balaban J connectivity index is 1.26. The number of aromatic nitrogens is 1. The smallest absolute Gasteiger partial charge is 0.354 e. The zero-order valence-electron chi connectivity index (χ0n) is 21.5. The van der Waals surface area contributed by atoms with Crippen molar-refractivity contribution in [1.29, 1.82) is 0 Å². The number of nitrogens with zero attached hydrogens (tertiary/aromatic N) is 4. The maximum absolute atomic E-state index is 11.6. The van der Waals surface area contributed by atoms with E-state index >= 15 is 0 Å². The van der Waals surface area contributed by atoms with Crippen LogP contribution in [0.1, 0.15) is 35.6 Å². The third kappa shape index (κ3) is 5.39. The summed E-state index contributed by atoms with van der Waals surface area (Å²) in [6.45, 7) is 4.47. The molecule has 1 aliphatic heterocycles. The number of hydrogen-bond donors (Lipinski definition) is 2. The van der Waals surface area contributed by atoms with Crippen molar-refractivity contribution in [3.05, 3.63) is 63.3 Å². The zero-order valence-corrected chi connectivity index (χ0v) is 23.0. The van der Waals surface area contributed by atoms with E-state index in [9.17, 15) is 9.90 Å². The van der Waals surface area contributed by atoms with E-state index in [0.29, 0.717) is 21.5 Å². The largest absolute Gasteiger partial charge is 0.477 e. The second-order valence-corrected chi connectivity index (χ2v) is 10.5. The molecule has 3 aromatic rings. The van der Waals surface area contributed by atoms with Gasteiger partial charge in [0.05, 0.1) is 10.0 Å². The molecule has 1 aromatic heterocycles. The summed E-state index contributed by atoms with van der Waals surface area (Å²) in [6.07, 6.45) is 3.07. The van der Waals surface area contributed by atoms with E-state index in [4.69, 9.17) is 27.7 Å². The number of piperazine rings is 1. The van der Waals surface area contributed by atoms with Gasteiger partial charge in [0, 0.05) is 80.8 Å². The predicted octanol–water partition coefficient (Wildman–Crippen LogP) is 5.44. The van der Waals surface area contributed by atoms with Gasteiger partial charge in [0.15, 0.2) is 5.71 Å². The van der Waals surface area contributed by atoms with Crippen LogP contribution in [0.3, 0.4) is 0 Å². The van der Waals surface area contributed by atoms with Gasteiger partial charge in [0.2, 0.25) is 0 Å². The molecule has 0 spiro atoms. The van der Waals surface area contributed by atoms with Crippen LogP contribution in [0.2, 0.25) is 10.0 Å². The number of aliphatic carboxylic acids is 1. The molecule has 5 rings (SSSR count). The van der Waals surface area contributed by atoms with Crippen LogP contribution in [0.15, 0.2) is 45.9 Å². The fraction of sp³-hybridized carbons (Fsp3) is 0.393. The number of benzene rings is 2. The molecular formula is C28H31Cl2N5O3. The summed E-state index contributed by atoms with van der Waals surface area (Å²) in [5.41, 5.74) is 5.06. The molecule has 0 amide bonds. The second-order valence-electron chi connectivity index (χ2n) is 9.68. The standard InChI is InChI=1S/C28H31Cl2N5O3/c1-31-23-16-18(8-9-19(23)26(32-2)28(36)37)35-14-12-34(13-15-35)11-10-20-25(33-38-27(20)17-6-7-17)24-21(29)4-3-5-22(24)30/h3-5,8-9,16-17,31H,6-7,10-15H2,1-2H3,(H,36,37). The number of anilines is 2. The van der Waals surface area contributed by atoms with Crippen LogP contribution < -0.4 is 10.2 Å². The number of halogens is 2. The Morgan fingerprint density at radius 3 is 2.47 bits per heavy atom. The molecule has 10 heteroatoms. The van der Waals surface area contributed by atoms with Gasteiger partial charge < -0.3 is 19.8 Å². The third-order valence-electron chi connectivity index (χ3n) is 7.34. The molecule has 2 fully saturated rings. The third-order valence-corrected chi connectivity index (χ3v) is 7.97. The van der Waals surface area contributed by atoms with E-state index in [-0.39, 0.29) is 5.71 Å². The number of nitrogens with one attached hydrogen (secondary N) is 1. The molecular weight excluding hydrogens is 525 g/mol. The van der Waals surface area contributed by atoms with Crippen LogP contribution >= 0.6 is 23.2 Å². The number of carboxylic acid groups (broad SMARTS) is 1. The molecule has 1 saturated carbocycles. The summed E-state index contributed by atoms with van der Waals surface area (Å²) in [5.74, 6) is 0.377. The Labute approximate surface area is 232 Å². The van der Waals surface area contributed by atoms with E-state index in [2.05, 4.69) is 25.3 Å². The number of rotatable bonds is 9. The maximum atomic E-state index is 11.6. The number of carboxylic acids is 1. The summed E-state index contributed by atoms with van der Waals surface area (Å²) in [7, 11) is 3.29. The monoisotopic (exact) mass is 555 g/mol. The number of carbonyl (C=O) groups is 1. The van der Waals surface area contributed by atoms with E-state index < -0.39 is 5.97 Å². The Bertz CT molecular complexity index is 1340. The highest BCUT2D eigenvalue weighted by Gasteiger charge is 2.33. The van der Waals surface area contributed by atoms with E-state index in [1.807, 2.05) is 36.4 Å². The normalized spacial score (nSPS) is 16.6. The van der Waals surface area contributed by atoms with Crippen molar-refractivity contribution in [2.24, 2.45) is 4.99 Å². The maximum Gasteiger partial charge on any atom is 0.354 e. The highest BCUT2D eigenvalue weighted by Crippen LogP contribution is 2.46. The molecule has 0 radical (unpaired) electrons. The van der Waals surface area contributed by atoms with Gasteiger partial charge in [-0.15, -0.1) is 0 Å². The van der Waals surface area contributed by atoms with Crippen molar-refractivity contribution in [3.8, 4) is 11.3 Å². The first-order valence-corrected chi connectivity index (χ1v) is 13.6. The number of hydrogen-bond acceptors (Lipinski definition) is 7. The number of aliphatic imine (C=N–C) groups is 1. The fourth-order valence-corrected chi connectivity index (χ4v) is 5.70. The quantitative estimate of drug-likeness (QED) is 0.339. The highest BCUT2D eigenvalue weighted by atomic mass is 35.5. The van der Waals surface area contributed by atoms with E-state index in [0.717, 1.165) is 85.9 Å². The lowest BCUT2D eigenvalue weighted by Gasteiger charge is -2.36. The Morgan fingerprint density at radius 2 is 1.87 bits per heavy atom. The lowest BCUT2D eigenvalue weighted by molar-refractivity contribution is -0.129.